The van der Waals surface area contributed by atoms with Gasteiger partial charge in [-0.15, -0.1) is 0 Å². The number of likely N-dealkylation sites (tertiary alicyclic amines) is 1. The van der Waals surface area contributed by atoms with Crippen molar-refractivity contribution in [2.24, 2.45) is 0 Å². The predicted molar refractivity (Wildman–Crippen MR) is 85.3 cm³/mol. The molecule has 0 saturated carbocycles. The van der Waals surface area contributed by atoms with E-state index in [1.165, 1.54) is 60.2 Å². The minimum absolute atomic E-state index is 0.324. The van der Waals surface area contributed by atoms with Gasteiger partial charge in [-0.2, -0.15) is 0 Å². The Morgan fingerprint density at radius 2 is 1.55 bits per heavy atom. The summed E-state index contributed by atoms with van der Waals surface area (Å²) in [6.45, 7) is 12.0. The molecule has 0 amide bonds. The second-order valence-corrected chi connectivity index (χ2v) is 6.38. The first-order valence-electron chi connectivity index (χ1n) is 7.98. The third-order valence-corrected chi connectivity index (χ3v) is 4.92. The minimum Gasteiger partial charge on any atom is -0.388 e. The monoisotopic (exact) mass is 275 g/mol. The standard InChI is InChI=1S/C18H29NO/c1-13-12-14(2)16(4)18(15(13)3)17(20)8-11-19-9-6-5-7-10-19/h12,17,20H,5-11H2,1-4H3. The van der Waals surface area contributed by atoms with Gasteiger partial charge in [0.1, 0.15) is 0 Å². The van der Waals surface area contributed by atoms with Crippen molar-refractivity contribution < 1.29 is 5.11 Å². The molecular weight excluding hydrogens is 246 g/mol. The fourth-order valence-corrected chi connectivity index (χ4v) is 3.38. The molecule has 1 unspecified atom stereocenters. The van der Waals surface area contributed by atoms with Crippen LogP contribution in [0.25, 0.3) is 0 Å². The average molecular weight is 275 g/mol. The van der Waals surface area contributed by atoms with E-state index in [0.29, 0.717) is 0 Å². The van der Waals surface area contributed by atoms with Gasteiger partial charge >= 0.3 is 0 Å². The van der Waals surface area contributed by atoms with Crippen LogP contribution in [0.5, 0.6) is 0 Å². The van der Waals surface area contributed by atoms with Crippen LogP contribution in [0.2, 0.25) is 0 Å². The van der Waals surface area contributed by atoms with E-state index in [2.05, 4.69) is 38.7 Å². The molecule has 1 fully saturated rings. The molecule has 0 aliphatic carbocycles. The van der Waals surface area contributed by atoms with Crippen LogP contribution in [0.1, 0.15) is 59.6 Å². The summed E-state index contributed by atoms with van der Waals surface area (Å²) >= 11 is 0. The second kappa shape index (κ2) is 6.73. The number of rotatable bonds is 4. The van der Waals surface area contributed by atoms with Crippen LogP contribution in [0.3, 0.4) is 0 Å². The van der Waals surface area contributed by atoms with Crippen molar-refractivity contribution in [3.05, 3.63) is 33.9 Å². The van der Waals surface area contributed by atoms with Gasteiger partial charge in [-0.25, -0.2) is 0 Å². The topological polar surface area (TPSA) is 23.5 Å². The number of piperidine rings is 1. The molecule has 112 valence electrons. The van der Waals surface area contributed by atoms with Crippen molar-refractivity contribution in [1.82, 2.24) is 4.90 Å². The van der Waals surface area contributed by atoms with E-state index in [-0.39, 0.29) is 6.10 Å². The normalized spacial score (nSPS) is 18.2. The molecule has 1 saturated heterocycles. The first-order chi connectivity index (χ1) is 9.50. The lowest BCUT2D eigenvalue weighted by Gasteiger charge is -2.28. The van der Waals surface area contributed by atoms with E-state index in [1.54, 1.807) is 0 Å². The van der Waals surface area contributed by atoms with E-state index < -0.39 is 0 Å². The third kappa shape index (κ3) is 3.42. The van der Waals surface area contributed by atoms with E-state index in [4.69, 9.17) is 0 Å². The number of aliphatic hydroxyl groups excluding tert-OH is 1. The Balaban J connectivity index is 2.06. The molecule has 1 aliphatic rings. The van der Waals surface area contributed by atoms with Gasteiger partial charge in [0.15, 0.2) is 0 Å². The van der Waals surface area contributed by atoms with Gasteiger partial charge in [-0.1, -0.05) is 12.5 Å². The van der Waals surface area contributed by atoms with Gasteiger partial charge in [0.05, 0.1) is 6.10 Å². The highest BCUT2D eigenvalue weighted by molar-refractivity contribution is 5.45. The molecule has 1 heterocycles. The van der Waals surface area contributed by atoms with Crippen LogP contribution in [0, 0.1) is 27.7 Å². The molecule has 0 aromatic heterocycles. The van der Waals surface area contributed by atoms with Gasteiger partial charge < -0.3 is 10.0 Å². The summed E-state index contributed by atoms with van der Waals surface area (Å²) in [6, 6.07) is 2.23. The Hall–Kier alpha value is -0.860. The highest BCUT2D eigenvalue weighted by Gasteiger charge is 2.18. The molecule has 1 aromatic carbocycles. The fraction of sp³-hybridized carbons (Fsp3) is 0.667. The van der Waals surface area contributed by atoms with Gasteiger partial charge in [0.25, 0.3) is 0 Å². The first kappa shape index (κ1) is 15.5. The predicted octanol–water partition coefficient (Wildman–Crippen LogP) is 3.83. The van der Waals surface area contributed by atoms with Crippen molar-refractivity contribution in [3.63, 3.8) is 0 Å². The van der Waals surface area contributed by atoms with Gasteiger partial charge in [0.2, 0.25) is 0 Å². The average Bonchev–Trinajstić information content (AvgIpc) is 2.44. The lowest BCUT2D eigenvalue weighted by molar-refractivity contribution is 0.133. The van der Waals surface area contributed by atoms with Crippen LogP contribution < -0.4 is 0 Å². The minimum atomic E-state index is -0.324. The number of aliphatic hydroxyl groups is 1. The zero-order chi connectivity index (χ0) is 14.7. The van der Waals surface area contributed by atoms with E-state index in [1.807, 2.05) is 0 Å². The van der Waals surface area contributed by atoms with Crippen molar-refractivity contribution in [1.29, 1.82) is 0 Å². The summed E-state index contributed by atoms with van der Waals surface area (Å²) in [7, 11) is 0. The molecular formula is C18H29NO. The van der Waals surface area contributed by atoms with Crippen molar-refractivity contribution >= 4 is 0 Å². The number of benzene rings is 1. The number of aryl methyl sites for hydroxylation is 2. The zero-order valence-electron chi connectivity index (χ0n) is 13.5. The van der Waals surface area contributed by atoms with E-state index >= 15 is 0 Å². The molecule has 0 bridgehead atoms. The number of hydrogen-bond donors (Lipinski definition) is 1. The molecule has 0 radical (unpaired) electrons. The molecule has 2 rings (SSSR count). The molecule has 1 N–H and O–H groups in total. The second-order valence-electron chi connectivity index (χ2n) is 6.38. The van der Waals surface area contributed by atoms with E-state index in [9.17, 15) is 5.11 Å². The summed E-state index contributed by atoms with van der Waals surface area (Å²) in [6.07, 6.45) is 4.53. The quantitative estimate of drug-likeness (QED) is 0.902. The lowest BCUT2D eigenvalue weighted by atomic mass is 9.90. The fourth-order valence-electron chi connectivity index (χ4n) is 3.38. The molecule has 0 spiro atoms. The Labute approximate surface area is 123 Å². The van der Waals surface area contributed by atoms with Crippen molar-refractivity contribution in [2.75, 3.05) is 19.6 Å². The third-order valence-electron chi connectivity index (χ3n) is 4.92. The first-order valence-corrected chi connectivity index (χ1v) is 7.98. The molecule has 2 nitrogen and oxygen atoms in total. The van der Waals surface area contributed by atoms with Crippen LogP contribution in [-0.4, -0.2) is 29.6 Å². The maximum absolute atomic E-state index is 10.6. The smallest absolute Gasteiger partial charge is 0.0807 e. The van der Waals surface area contributed by atoms with Gasteiger partial charge in [0, 0.05) is 6.54 Å². The zero-order valence-corrected chi connectivity index (χ0v) is 13.5. The van der Waals surface area contributed by atoms with Crippen molar-refractivity contribution in [3.8, 4) is 0 Å². The maximum Gasteiger partial charge on any atom is 0.0807 e. The number of hydrogen-bond acceptors (Lipinski definition) is 2. The highest BCUT2D eigenvalue weighted by atomic mass is 16.3. The Morgan fingerprint density at radius 1 is 1.00 bits per heavy atom. The Kier molecular flexibility index (Phi) is 5.22. The summed E-state index contributed by atoms with van der Waals surface area (Å²) in [5.41, 5.74) is 6.28. The Morgan fingerprint density at radius 3 is 2.10 bits per heavy atom. The highest BCUT2D eigenvalue weighted by Crippen LogP contribution is 2.29. The maximum atomic E-state index is 10.6. The molecule has 20 heavy (non-hydrogen) atoms. The molecule has 1 aromatic rings. The lowest BCUT2D eigenvalue weighted by Crippen LogP contribution is -2.31. The summed E-state index contributed by atoms with van der Waals surface area (Å²) in [4.78, 5) is 2.50. The van der Waals surface area contributed by atoms with Gasteiger partial charge in [-0.05, 0) is 87.9 Å². The SMILES string of the molecule is Cc1cc(C)c(C)c(C(O)CCN2CCCCC2)c1C. The van der Waals surface area contributed by atoms with Crippen LogP contribution in [-0.2, 0) is 0 Å². The Bertz CT molecular complexity index is 435. The van der Waals surface area contributed by atoms with Crippen LogP contribution in [0.15, 0.2) is 6.07 Å². The summed E-state index contributed by atoms with van der Waals surface area (Å²) < 4.78 is 0. The molecule has 2 heteroatoms. The van der Waals surface area contributed by atoms with Crippen molar-refractivity contribution in [2.45, 2.75) is 59.5 Å². The summed E-state index contributed by atoms with van der Waals surface area (Å²) in [5, 5.41) is 10.6. The molecule has 1 aliphatic heterocycles. The van der Waals surface area contributed by atoms with Crippen LogP contribution >= 0.6 is 0 Å². The summed E-state index contributed by atoms with van der Waals surface area (Å²) in [5.74, 6) is 0. The van der Waals surface area contributed by atoms with Crippen LogP contribution in [0.4, 0.5) is 0 Å². The molecule has 1 atom stereocenters. The van der Waals surface area contributed by atoms with E-state index in [0.717, 1.165) is 13.0 Å². The van der Waals surface area contributed by atoms with Gasteiger partial charge in [-0.3, -0.25) is 0 Å². The largest absolute Gasteiger partial charge is 0.388 e. The number of nitrogens with zero attached hydrogens (tertiary/aromatic N) is 1.